The van der Waals surface area contributed by atoms with Gasteiger partial charge in [-0.25, -0.2) is 4.98 Å². The summed E-state index contributed by atoms with van der Waals surface area (Å²) >= 11 is 0. The van der Waals surface area contributed by atoms with Gasteiger partial charge in [-0.05, 0) is 36.5 Å². The number of benzene rings is 2. The molecule has 1 aromatic heterocycles. The van der Waals surface area contributed by atoms with E-state index >= 15 is 0 Å². The summed E-state index contributed by atoms with van der Waals surface area (Å²) in [6.07, 6.45) is 2.21. The van der Waals surface area contributed by atoms with Crippen LogP contribution in [0.2, 0.25) is 0 Å². The van der Waals surface area contributed by atoms with Crippen molar-refractivity contribution in [1.82, 2.24) is 15.8 Å². The molecule has 5 heteroatoms. The molecule has 5 nitrogen and oxygen atoms in total. The second-order valence-corrected chi connectivity index (χ2v) is 6.73. The van der Waals surface area contributed by atoms with Gasteiger partial charge in [-0.1, -0.05) is 61.5 Å². The summed E-state index contributed by atoms with van der Waals surface area (Å²) in [4.78, 5) is 28.6. The number of nitrogens with one attached hydrogen (secondary N) is 2. The van der Waals surface area contributed by atoms with Crippen LogP contribution >= 0.6 is 0 Å². The minimum absolute atomic E-state index is 0.204. The normalized spacial score (nSPS) is 11.7. The number of rotatable bonds is 6. The van der Waals surface area contributed by atoms with E-state index in [9.17, 15) is 9.59 Å². The van der Waals surface area contributed by atoms with Crippen LogP contribution in [0.4, 0.5) is 0 Å². The van der Waals surface area contributed by atoms with Gasteiger partial charge in [-0.15, -0.1) is 0 Å². The molecular weight excluding hydrogens is 338 g/mol. The molecule has 138 valence electrons. The number of aryl methyl sites for hydroxylation is 1. The molecule has 0 aliphatic carbocycles. The molecular formula is C22H23N3O2. The van der Waals surface area contributed by atoms with Crippen molar-refractivity contribution in [2.24, 2.45) is 5.92 Å². The van der Waals surface area contributed by atoms with Crippen LogP contribution in [0.25, 0.3) is 10.9 Å². The van der Waals surface area contributed by atoms with Crippen molar-refractivity contribution in [3.63, 3.8) is 0 Å². The van der Waals surface area contributed by atoms with Crippen molar-refractivity contribution >= 4 is 22.7 Å². The number of hydrogen-bond donors (Lipinski definition) is 2. The predicted molar refractivity (Wildman–Crippen MR) is 106 cm³/mol. The van der Waals surface area contributed by atoms with Crippen molar-refractivity contribution in [2.75, 3.05) is 0 Å². The molecule has 1 atom stereocenters. The molecule has 0 aliphatic rings. The van der Waals surface area contributed by atoms with E-state index in [0.29, 0.717) is 6.42 Å². The fourth-order valence-corrected chi connectivity index (χ4v) is 2.91. The highest BCUT2D eigenvalue weighted by Gasteiger charge is 2.12. The van der Waals surface area contributed by atoms with Crippen LogP contribution in [0.3, 0.4) is 0 Å². The minimum atomic E-state index is -0.425. The van der Waals surface area contributed by atoms with Crippen LogP contribution in [0.15, 0.2) is 66.7 Å². The van der Waals surface area contributed by atoms with Gasteiger partial charge in [0.25, 0.3) is 5.91 Å². The summed E-state index contributed by atoms with van der Waals surface area (Å²) < 4.78 is 0. The van der Waals surface area contributed by atoms with Crippen LogP contribution in [-0.4, -0.2) is 16.8 Å². The molecule has 2 aromatic carbocycles. The number of hydrazine groups is 1. The highest BCUT2D eigenvalue weighted by atomic mass is 16.2. The lowest BCUT2D eigenvalue weighted by Crippen LogP contribution is -2.42. The van der Waals surface area contributed by atoms with E-state index in [-0.39, 0.29) is 17.5 Å². The average molecular weight is 361 g/mol. The highest BCUT2D eigenvalue weighted by molar-refractivity contribution is 5.95. The molecule has 0 saturated carbocycles. The zero-order valence-corrected chi connectivity index (χ0v) is 15.3. The molecule has 3 aromatic rings. The minimum Gasteiger partial charge on any atom is -0.273 e. The van der Waals surface area contributed by atoms with E-state index in [2.05, 4.69) is 28.0 Å². The first kappa shape index (κ1) is 18.6. The monoisotopic (exact) mass is 361 g/mol. The summed E-state index contributed by atoms with van der Waals surface area (Å²) in [5.74, 6) is -0.406. The Kier molecular flexibility index (Phi) is 6.15. The molecule has 0 saturated heterocycles. The lowest BCUT2D eigenvalue weighted by atomic mass is 9.98. The number of carbonyl (C=O) groups is 2. The van der Waals surface area contributed by atoms with Crippen LogP contribution in [0.5, 0.6) is 0 Å². The summed E-state index contributed by atoms with van der Waals surface area (Å²) in [5.41, 5.74) is 7.20. The number of amides is 2. The highest BCUT2D eigenvalue weighted by Crippen LogP contribution is 2.13. The lowest BCUT2D eigenvalue weighted by molar-refractivity contribution is -0.122. The standard InChI is InChI=1S/C22H23N3O2/c1-16(11-12-17-7-3-2-4-8-17)15-21(26)24-25-22(27)20-14-13-18-9-5-6-10-19(18)23-20/h2-10,13-14,16H,11-12,15H2,1H3,(H,24,26)(H,25,27). The number of para-hydroxylation sites is 1. The first-order chi connectivity index (χ1) is 13.1. The molecule has 2 amide bonds. The van der Waals surface area contributed by atoms with Crippen molar-refractivity contribution in [3.05, 3.63) is 78.0 Å². The third kappa shape index (κ3) is 5.38. The summed E-state index contributed by atoms with van der Waals surface area (Å²) in [7, 11) is 0. The van der Waals surface area contributed by atoms with Crippen molar-refractivity contribution in [1.29, 1.82) is 0 Å². The van der Waals surface area contributed by atoms with Gasteiger partial charge < -0.3 is 0 Å². The third-order valence-corrected chi connectivity index (χ3v) is 4.45. The molecule has 0 spiro atoms. The SMILES string of the molecule is CC(CCc1ccccc1)CC(=O)NNC(=O)c1ccc2ccccc2n1. The molecule has 1 heterocycles. The molecule has 0 radical (unpaired) electrons. The number of pyridine rings is 1. The second kappa shape index (κ2) is 8.94. The van der Waals surface area contributed by atoms with Gasteiger partial charge in [-0.2, -0.15) is 0 Å². The van der Waals surface area contributed by atoms with Gasteiger partial charge in [0, 0.05) is 11.8 Å². The number of hydrogen-bond acceptors (Lipinski definition) is 3. The Morgan fingerprint density at radius 2 is 1.67 bits per heavy atom. The first-order valence-electron chi connectivity index (χ1n) is 9.11. The zero-order chi connectivity index (χ0) is 19.1. The van der Waals surface area contributed by atoms with Crippen molar-refractivity contribution < 1.29 is 9.59 Å². The quantitative estimate of drug-likeness (QED) is 0.658. The Bertz CT molecular complexity index is 925. The molecule has 0 aliphatic heterocycles. The van der Waals surface area contributed by atoms with E-state index < -0.39 is 5.91 Å². The zero-order valence-electron chi connectivity index (χ0n) is 15.3. The van der Waals surface area contributed by atoms with Gasteiger partial charge in [0.1, 0.15) is 5.69 Å². The second-order valence-electron chi connectivity index (χ2n) is 6.73. The van der Waals surface area contributed by atoms with E-state index in [1.807, 2.05) is 55.5 Å². The van der Waals surface area contributed by atoms with E-state index in [1.165, 1.54) is 5.56 Å². The smallest absolute Gasteiger partial charge is 0.273 e. The van der Waals surface area contributed by atoms with E-state index in [1.54, 1.807) is 6.07 Å². The number of nitrogens with zero attached hydrogens (tertiary/aromatic N) is 1. The predicted octanol–water partition coefficient (Wildman–Crippen LogP) is 3.65. The summed E-state index contributed by atoms with van der Waals surface area (Å²) in [5, 5.41) is 0.963. The summed E-state index contributed by atoms with van der Waals surface area (Å²) in [6.45, 7) is 2.04. The average Bonchev–Trinajstić information content (AvgIpc) is 2.71. The largest absolute Gasteiger partial charge is 0.288 e. The topological polar surface area (TPSA) is 71.1 Å². The molecule has 0 bridgehead atoms. The van der Waals surface area contributed by atoms with Crippen molar-refractivity contribution in [2.45, 2.75) is 26.2 Å². The summed E-state index contributed by atoms with van der Waals surface area (Å²) in [6, 6.07) is 21.3. The van der Waals surface area contributed by atoms with Crippen LogP contribution in [0, 0.1) is 5.92 Å². The number of aromatic nitrogens is 1. The Morgan fingerprint density at radius 3 is 2.48 bits per heavy atom. The van der Waals surface area contributed by atoms with Gasteiger partial charge in [0.15, 0.2) is 0 Å². The molecule has 3 rings (SSSR count). The number of fused-ring (bicyclic) bond motifs is 1. The molecule has 27 heavy (non-hydrogen) atoms. The third-order valence-electron chi connectivity index (χ3n) is 4.45. The Labute approximate surface area is 158 Å². The number of carbonyl (C=O) groups excluding carboxylic acids is 2. The lowest BCUT2D eigenvalue weighted by Gasteiger charge is -2.12. The van der Waals surface area contributed by atoms with Crippen LogP contribution < -0.4 is 10.9 Å². The van der Waals surface area contributed by atoms with Gasteiger partial charge in [0.2, 0.25) is 5.91 Å². The van der Waals surface area contributed by atoms with Gasteiger partial charge >= 0.3 is 0 Å². The van der Waals surface area contributed by atoms with Gasteiger partial charge in [0.05, 0.1) is 5.52 Å². The maximum Gasteiger partial charge on any atom is 0.288 e. The maximum absolute atomic E-state index is 12.2. The first-order valence-corrected chi connectivity index (χ1v) is 9.11. The fraction of sp³-hybridized carbons (Fsp3) is 0.227. The van der Waals surface area contributed by atoms with Crippen LogP contribution in [0.1, 0.15) is 35.8 Å². The maximum atomic E-state index is 12.2. The molecule has 0 fully saturated rings. The van der Waals surface area contributed by atoms with Crippen LogP contribution in [-0.2, 0) is 11.2 Å². The molecule has 1 unspecified atom stereocenters. The fourth-order valence-electron chi connectivity index (χ4n) is 2.91. The van der Waals surface area contributed by atoms with E-state index in [4.69, 9.17) is 0 Å². The van der Waals surface area contributed by atoms with Gasteiger partial charge in [-0.3, -0.25) is 20.4 Å². The Hall–Kier alpha value is -3.21. The van der Waals surface area contributed by atoms with Crippen molar-refractivity contribution in [3.8, 4) is 0 Å². The van der Waals surface area contributed by atoms with E-state index in [0.717, 1.165) is 23.7 Å². The molecule has 2 N–H and O–H groups in total. The Balaban J connectivity index is 1.45. The Morgan fingerprint density at radius 1 is 0.926 bits per heavy atom.